The van der Waals surface area contributed by atoms with Gasteiger partial charge < -0.3 is 9.67 Å². The molecule has 0 atom stereocenters. The highest BCUT2D eigenvalue weighted by atomic mass is 35.5. The highest BCUT2D eigenvalue weighted by Gasteiger charge is 2.16. The van der Waals surface area contributed by atoms with Gasteiger partial charge in [0, 0.05) is 7.05 Å². The molecule has 4 nitrogen and oxygen atoms in total. The molecule has 0 spiro atoms. The summed E-state index contributed by atoms with van der Waals surface area (Å²) in [6, 6.07) is 9.29. The van der Waals surface area contributed by atoms with E-state index in [1.807, 2.05) is 0 Å². The van der Waals surface area contributed by atoms with Gasteiger partial charge in [0.05, 0.1) is 27.2 Å². The molecule has 0 aliphatic rings. The number of aryl methyl sites for hydroxylation is 1. The van der Waals surface area contributed by atoms with Gasteiger partial charge >= 0.3 is 5.97 Å². The Bertz CT molecular complexity index is 873. The van der Waals surface area contributed by atoms with Crippen molar-refractivity contribution in [2.45, 2.75) is 0 Å². The molecule has 0 bridgehead atoms. The Morgan fingerprint density at radius 3 is 2.81 bits per heavy atom. The first kappa shape index (κ1) is 13.6. The summed E-state index contributed by atoms with van der Waals surface area (Å²) in [5.74, 6) is -1.18. The molecule has 1 heterocycles. The average Bonchev–Trinajstić information content (AvgIpc) is 2.78. The number of hydrogen-bond donors (Lipinski definition) is 1. The number of rotatable bonds is 2. The molecule has 2 aromatic carbocycles. The van der Waals surface area contributed by atoms with Crippen LogP contribution in [0.3, 0.4) is 0 Å². The maximum absolute atomic E-state index is 14.1. The van der Waals surface area contributed by atoms with Crippen LogP contribution in [0.2, 0.25) is 5.02 Å². The first-order valence-electron chi connectivity index (χ1n) is 6.13. The van der Waals surface area contributed by atoms with Gasteiger partial charge in [-0.2, -0.15) is 0 Å². The molecule has 106 valence electrons. The van der Waals surface area contributed by atoms with Crippen LogP contribution in [-0.2, 0) is 7.05 Å². The van der Waals surface area contributed by atoms with E-state index < -0.39 is 11.8 Å². The third kappa shape index (κ3) is 2.15. The molecule has 21 heavy (non-hydrogen) atoms. The van der Waals surface area contributed by atoms with Crippen molar-refractivity contribution < 1.29 is 14.3 Å². The Hall–Kier alpha value is -2.40. The van der Waals surface area contributed by atoms with E-state index in [-0.39, 0.29) is 16.1 Å². The van der Waals surface area contributed by atoms with E-state index in [9.17, 15) is 9.18 Å². The van der Waals surface area contributed by atoms with Gasteiger partial charge in [0.15, 0.2) is 5.82 Å². The zero-order chi connectivity index (χ0) is 15.1. The van der Waals surface area contributed by atoms with E-state index >= 15 is 0 Å². The maximum atomic E-state index is 14.1. The number of carboxylic acid groups (broad SMARTS) is 1. The van der Waals surface area contributed by atoms with Crippen molar-refractivity contribution in [3.8, 4) is 11.4 Å². The zero-order valence-corrected chi connectivity index (χ0v) is 11.7. The SMILES string of the molecule is Cn1c(-c2cccc(Cl)c2F)nc2cc(C(=O)O)ccc21. The lowest BCUT2D eigenvalue weighted by molar-refractivity contribution is 0.0697. The fourth-order valence-corrected chi connectivity index (χ4v) is 2.42. The zero-order valence-electron chi connectivity index (χ0n) is 11.0. The van der Waals surface area contributed by atoms with E-state index in [1.54, 1.807) is 29.8 Å². The van der Waals surface area contributed by atoms with E-state index in [0.29, 0.717) is 11.3 Å². The Kier molecular flexibility index (Phi) is 3.14. The van der Waals surface area contributed by atoms with Crippen molar-refractivity contribution in [2.24, 2.45) is 7.05 Å². The minimum atomic E-state index is -1.03. The minimum Gasteiger partial charge on any atom is -0.478 e. The van der Waals surface area contributed by atoms with Crippen LogP contribution in [0.1, 0.15) is 10.4 Å². The fourth-order valence-electron chi connectivity index (χ4n) is 2.25. The van der Waals surface area contributed by atoms with Crippen LogP contribution in [0.4, 0.5) is 4.39 Å². The van der Waals surface area contributed by atoms with Crippen LogP contribution < -0.4 is 0 Å². The Labute approximate surface area is 124 Å². The summed E-state index contributed by atoms with van der Waals surface area (Å²) in [5, 5.41) is 9.03. The van der Waals surface area contributed by atoms with E-state index in [4.69, 9.17) is 16.7 Å². The van der Waals surface area contributed by atoms with E-state index in [1.165, 1.54) is 18.2 Å². The van der Waals surface area contributed by atoms with Gasteiger partial charge in [0.1, 0.15) is 5.82 Å². The van der Waals surface area contributed by atoms with Crippen molar-refractivity contribution in [1.82, 2.24) is 9.55 Å². The van der Waals surface area contributed by atoms with Gasteiger partial charge in [-0.25, -0.2) is 14.2 Å². The van der Waals surface area contributed by atoms with Gasteiger partial charge in [0.2, 0.25) is 0 Å². The number of imidazole rings is 1. The molecule has 1 N–H and O–H groups in total. The lowest BCUT2D eigenvalue weighted by Crippen LogP contribution is -1.96. The molecule has 0 saturated heterocycles. The monoisotopic (exact) mass is 304 g/mol. The van der Waals surface area contributed by atoms with Gasteiger partial charge in [-0.15, -0.1) is 0 Å². The summed E-state index contributed by atoms with van der Waals surface area (Å²) in [6.45, 7) is 0. The summed E-state index contributed by atoms with van der Waals surface area (Å²) in [4.78, 5) is 15.3. The summed E-state index contributed by atoms with van der Waals surface area (Å²) in [6.07, 6.45) is 0. The predicted molar refractivity (Wildman–Crippen MR) is 78.1 cm³/mol. The Morgan fingerprint density at radius 2 is 2.10 bits per heavy atom. The molecule has 0 aliphatic heterocycles. The largest absolute Gasteiger partial charge is 0.478 e. The van der Waals surface area contributed by atoms with Crippen molar-refractivity contribution in [3.63, 3.8) is 0 Å². The van der Waals surface area contributed by atoms with Gasteiger partial charge in [-0.1, -0.05) is 17.7 Å². The summed E-state index contributed by atoms with van der Waals surface area (Å²) in [7, 11) is 1.74. The van der Waals surface area contributed by atoms with E-state index in [0.717, 1.165) is 5.52 Å². The molecule has 0 aliphatic carbocycles. The first-order valence-corrected chi connectivity index (χ1v) is 6.51. The minimum absolute atomic E-state index is 0.0192. The lowest BCUT2D eigenvalue weighted by atomic mass is 10.2. The smallest absolute Gasteiger partial charge is 0.335 e. The van der Waals surface area contributed by atoms with Crippen molar-refractivity contribution in [1.29, 1.82) is 0 Å². The topological polar surface area (TPSA) is 55.1 Å². The molecule has 0 unspecified atom stereocenters. The molecule has 3 rings (SSSR count). The Morgan fingerprint density at radius 1 is 1.33 bits per heavy atom. The predicted octanol–water partition coefficient (Wildman–Crippen LogP) is 3.73. The molecule has 0 amide bonds. The molecule has 3 aromatic rings. The average molecular weight is 305 g/mol. The van der Waals surface area contributed by atoms with E-state index in [2.05, 4.69) is 4.98 Å². The molecule has 1 aromatic heterocycles. The van der Waals surface area contributed by atoms with Gasteiger partial charge in [0.25, 0.3) is 0 Å². The highest BCUT2D eigenvalue weighted by molar-refractivity contribution is 6.31. The first-order chi connectivity index (χ1) is 9.99. The third-order valence-corrected chi connectivity index (χ3v) is 3.61. The standard InChI is InChI=1S/C15H10ClFN2O2/c1-19-12-6-5-8(15(20)21)7-11(12)18-14(19)9-3-2-4-10(16)13(9)17/h2-7H,1H3,(H,20,21). The van der Waals surface area contributed by atoms with Crippen LogP contribution >= 0.6 is 11.6 Å². The van der Waals surface area contributed by atoms with Crippen LogP contribution in [0.5, 0.6) is 0 Å². The molecule has 0 radical (unpaired) electrons. The van der Waals surface area contributed by atoms with Crippen molar-refractivity contribution in [2.75, 3.05) is 0 Å². The summed E-state index contributed by atoms with van der Waals surface area (Å²) in [5.41, 5.74) is 1.62. The fraction of sp³-hybridized carbons (Fsp3) is 0.0667. The number of aromatic carboxylic acids is 1. The van der Waals surface area contributed by atoms with Crippen LogP contribution in [-0.4, -0.2) is 20.6 Å². The lowest BCUT2D eigenvalue weighted by Gasteiger charge is -2.04. The van der Waals surface area contributed by atoms with Gasteiger partial charge in [-0.3, -0.25) is 0 Å². The van der Waals surface area contributed by atoms with Crippen molar-refractivity contribution in [3.05, 3.63) is 52.8 Å². The van der Waals surface area contributed by atoms with Crippen molar-refractivity contribution >= 4 is 28.6 Å². The molecular formula is C15H10ClFN2O2. The second kappa shape index (κ2) is 4.86. The second-order valence-corrected chi connectivity index (χ2v) is 5.01. The third-order valence-electron chi connectivity index (χ3n) is 3.32. The second-order valence-electron chi connectivity index (χ2n) is 4.60. The quantitative estimate of drug-likeness (QED) is 0.785. The number of fused-ring (bicyclic) bond motifs is 1. The number of benzene rings is 2. The number of carbonyl (C=O) groups is 1. The number of aromatic nitrogens is 2. The highest BCUT2D eigenvalue weighted by Crippen LogP contribution is 2.29. The van der Waals surface area contributed by atoms with Gasteiger partial charge in [-0.05, 0) is 30.3 Å². The number of halogens is 2. The number of hydrogen-bond acceptors (Lipinski definition) is 2. The van der Waals surface area contributed by atoms with Crippen LogP contribution in [0.15, 0.2) is 36.4 Å². The number of carboxylic acids is 1. The molecular weight excluding hydrogens is 295 g/mol. The normalized spacial score (nSPS) is 11.0. The molecule has 0 fully saturated rings. The Balaban J connectivity index is 2.26. The maximum Gasteiger partial charge on any atom is 0.335 e. The van der Waals surface area contributed by atoms with Crippen LogP contribution in [0, 0.1) is 5.82 Å². The molecule has 0 saturated carbocycles. The number of nitrogens with zero attached hydrogens (tertiary/aromatic N) is 2. The summed E-state index contributed by atoms with van der Waals surface area (Å²) >= 11 is 5.79. The molecule has 6 heteroatoms. The summed E-state index contributed by atoms with van der Waals surface area (Å²) < 4.78 is 15.8. The van der Waals surface area contributed by atoms with Crippen LogP contribution in [0.25, 0.3) is 22.4 Å².